The van der Waals surface area contributed by atoms with Crippen molar-refractivity contribution in [1.29, 1.82) is 0 Å². The largest absolute Gasteiger partial charge is 0.493 e. The first-order valence-electron chi connectivity index (χ1n) is 22.7. The van der Waals surface area contributed by atoms with Crippen molar-refractivity contribution in [3.8, 4) is 11.5 Å². The standard InChI is InChI=1S/C27H39N3O4.C24H31ClN2/c1-20(2)30(19-23-17-28-18-24(23)29-16-21-9-6-5-7-10-21)27(31)22-11-12-25(33-4)26(15-22)34-14-8-13-32-3;25-22-11-13-24(14-12-22)27(23-9-5-2-6-10-23)18-21-17-26-16-20(21)15-19-7-3-1-4-8-19/h5-7,9-12,15,20,23-24,28-29H,8,13-14,16-19H2,1-4H3;1,3-4,7-8,11-14,20-21,23,26H,2,5-6,9-10,15-18H2. The number of amides is 1. The SMILES string of the molecule is COCCCOc1cc(C(=O)N(CC2CNCC2NCc2ccccc2)C(C)C)ccc1OC.Clc1ccc(N(CC2CNCC2Cc2ccccc2)C2CCCCC2)cc1. The Morgan fingerprint density at radius 2 is 1.43 bits per heavy atom. The van der Waals surface area contributed by atoms with Gasteiger partial charge >= 0.3 is 0 Å². The van der Waals surface area contributed by atoms with E-state index in [1.807, 2.05) is 29.2 Å². The molecule has 1 amide bonds. The van der Waals surface area contributed by atoms with Crippen LogP contribution in [0.4, 0.5) is 5.69 Å². The summed E-state index contributed by atoms with van der Waals surface area (Å²) in [6, 6.07) is 36.4. The number of nitrogens with zero attached hydrogens (tertiary/aromatic N) is 2. The lowest BCUT2D eigenvalue weighted by molar-refractivity contribution is 0.0667. The Balaban J connectivity index is 0.000000209. The predicted molar refractivity (Wildman–Crippen MR) is 250 cm³/mol. The van der Waals surface area contributed by atoms with Crippen molar-refractivity contribution in [2.24, 2.45) is 17.8 Å². The molecule has 3 aliphatic rings. The molecule has 3 fully saturated rings. The van der Waals surface area contributed by atoms with Crippen molar-refractivity contribution in [3.63, 3.8) is 0 Å². The number of benzene rings is 4. The van der Waals surface area contributed by atoms with Crippen molar-refractivity contribution in [2.45, 2.75) is 83.5 Å². The molecule has 330 valence electrons. The Kier molecular flexibility index (Phi) is 18.6. The molecule has 4 atom stereocenters. The van der Waals surface area contributed by atoms with Gasteiger partial charge in [-0.15, -0.1) is 0 Å². The molecule has 2 saturated heterocycles. The van der Waals surface area contributed by atoms with Crippen LogP contribution in [-0.4, -0.2) is 95.6 Å². The van der Waals surface area contributed by atoms with Gasteiger partial charge < -0.3 is 40.0 Å². The third-order valence-electron chi connectivity index (χ3n) is 12.7. The maximum atomic E-state index is 13.6. The fourth-order valence-electron chi connectivity index (χ4n) is 9.16. The van der Waals surface area contributed by atoms with Crippen LogP contribution in [0.3, 0.4) is 0 Å². The predicted octanol–water partition coefficient (Wildman–Crippen LogP) is 8.90. The number of halogens is 1. The Morgan fingerprint density at radius 1 is 0.754 bits per heavy atom. The van der Waals surface area contributed by atoms with E-state index in [-0.39, 0.29) is 11.9 Å². The zero-order chi connectivity index (χ0) is 42.8. The molecule has 0 bridgehead atoms. The lowest BCUT2D eigenvalue weighted by Gasteiger charge is -2.39. The van der Waals surface area contributed by atoms with E-state index in [9.17, 15) is 4.79 Å². The molecule has 2 aliphatic heterocycles. The van der Waals surface area contributed by atoms with Gasteiger partial charge in [-0.3, -0.25) is 4.79 Å². The van der Waals surface area contributed by atoms with Crippen molar-refractivity contribution < 1.29 is 19.0 Å². The van der Waals surface area contributed by atoms with Gasteiger partial charge in [0, 0.05) is 93.2 Å². The molecular formula is C51H70ClN5O4. The Morgan fingerprint density at radius 3 is 2.11 bits per heavy atom. The first-order valence-corrected chi connectivity index (χ1v) is 23.1. The number of ether oxygens (including phenoxy) is 3. The molecule has 4 aromatic carbocycles. The number of hydrogen-bond acceptors (Lipinski definition) is 8. The molecular weight excluding hydrogens is 782 g/mol. The summed E-state index contributed by atoms with van der Waals surface area (Å²) in [6.07, 6.45) is 8.72. The second kappa shape index (κ2) is 24.5. The minimum Gasteiger partial charge on any atom is -0.493 e. The number of rotatable bonds is 19. The summed E-state index contributed by atoms with van der Waals surface area (Å²) in [4.78, 5) is 18.2. The molecule has 3 N–H and O–H groups in total. The van der Waals surface area contributed by atoms with Gasteiger partial charge in [-0.2, -0.15) is 0 Å². The van der Waals surface area contributed by atoms with E-state index in [4.69, 9.17) is 25.8 Å². The molecule has 0 aromatic heterocycles. The van der Waals surface area contributed by atoms with E-state index in [0.717, 1.165) is 50.7 Å². The molecule has 7 rings (SSSR count). The number of carbonyl (C=O) groups is 1. The van der Waals surface area contributed by atoms with Crippen LogP contribution >= 0.6 is 11.6 Å². The average molecular weight is 853 g/mol. The minimum absolute atomic E-state index is 0.00750. The van der Waals surface area contributed by atoms with Crippen LogP contribution in [0.1, 0.15) is 73.9 Å². The summed E-state index contributed by atoms with van der Waals surface area (Å²) < 4.78 is 16.4. The van der Waals surface area contributed by atoms with E-state index < -0.39 is 0 Å². The summed E-state index contributed by atoms with van der Waals surface area (Å²) in [5, 5.41) is 11.7. The number of anilines is 1. The smallest absolute Gasteiger partial charge is 0.254 e. The Hall–Kier alpha value is -4.12. The molecule has 0 radical (unpaired) electrons. The summed E-state index contributed by atoms with van der Waals surface area (Å²) >= 11 is 6.16. The van der Waals surface area contributed by atoms with Crippen molar-refractivity contribution in [1.82, 2.24) is 20.9 Å². The Labute approximate surface area is 370 Å². The highest BCUT2D eigenvalue weighted by molar-refractivity contribution is 6.30. The van der Waals surface area contributed by atoms with Crippen LogP contribution in [0.15, 0.2) is 103 Å². The normalized spacial score (nSPS) is 20.2. The maximum Gasteiger partial charge on any atom is 0.254 e. The number of nitrogens with one attached hydrogen (secondary N) is 3. The fourth-order valence-corrected chi connectivity index (χ4v) is 9.29. The highest BCUT2D eigenvalue weighted by Gasteiger charge is 2.33. The monoisotopic (exact) mass is 852 g/mol. The van der Waals surface area contributed by atoms with E-state index in [1.54, 1.807) is 26.4 Å². The molecule has 10 heteroatoms. The summed E-state index contributed by atoms with van der Waals surface area (Å²) in [7, 11) is 3.27. The number of hydrogen-bond donors (Lipinski definition) is 3. The average Bonchev–Trinajstić information content (AvgIpc) is 3.95. The van der Waals surface area contributed by atoms with Crippen LogP contribution in [0.5, 0.6) is 11.5 Å². The van der Waals surface area contributed by atoms with E-state index in [1.165, 1.54) is 55.3 Å². The third-order valence-corrected chi connectivity index (χ3v) is 12.9. The number of methoxy groups -OCH3 is 2. The van der Waals surface area contributed by atoms with Gasteiger partial charge in [0.25, 0.3) is 5.91 Å². The third kappa shape index (κ3) is 13.9. The lowest BCUT2D eigenvalue weighted by Crippen LogP contribution is -2.46. The minimum atomic E-state index is 0.00750. The Bertz CT molecular complexity index is 1860. The van der Waals surface area contributed by atoms with Crippen LogP contribution in [-0.2, 0) is 17.7 Å². The van der Waals surface area contributed by atoms with Crippen LogP contribution in [0.2, 0.25) is 5.02 Å². The van der Waals surface area contributed by atoms with Gasteiger partial charge in [-0.05, 0) is 112 Å². The first kappa shape index (κ1) is 46.4. The second-order valence-corrected chi connectivity index (χ2v) is 17.7. The highest BCUT2D eigenvalue weighted by atomic mass is 35.5. The molecule has 1 saturated carbocycles. The van der Waals surface area contributed by atoms with Gasteiger partial charge in [0.05, 0.1) is 13.7 Å². The van der Waals surface area contributed by atoms with E-state index in [0.29, 0.717) is 66.7 Å². The second-order valence-electron chi connectivity index (χ2n) is 17.3. The van der Waals surface area contributed by atoms with Gasteiger partial charge in [-0.1, -0.05) is 91.5 Å². The van der Waals surface area contributed by atoms with Crippen LogP contribution in [0, 0.1) is 17.8 Å². The van der Waals surface area contributed by atoms with Crippen LogP contribution in [0.25, 0.3) is 0 Å². The zero-order valence-corrected chi connectivity index (χ0v) is 37.8. The molecule has 1 aliphatic carbocycles. The summed E-state index contributed by atoms with van der Waals surface area (Å²) in [5.41, 5.74) is 4.68. The lowest BCUT2D eigenvalue weighted by atomic mass is 9.87. The molecule has 0 spiro atoms. The van der Waals surface area contributed by atoms with Crippen molar-refractivity contribution >= 4 is 23.2 Å². The number of carbonyl (C=O) groups excluding carboxylic acids is 1. The summed E-state index contributed by atoms with van der Waals surface area (Å²) in [5.74, 6) is 2.95. The van der Waals surface area contributed by atoms with Crippen LogP contribution < -0.4 is 30.3 Å². The van der Waals surface area contributed by atoms with Gasteiger partial charge in [0.1, 0.15) is 0 Å². The highest BCUT2D eigenvalue weighted by Crippen LogP contribution is 2.33. The van der Waals surface area contributed by atoms with Crippen molar-refractivity contribution in [3.05, 3.63) is 125 Å². The quantitative estimate of drug-likeness (QED) is 0.0808. The molecule has 61 heavy (non-hydrogen) atoms. The van der Waals surface area contributed by atoms with Crippen molar-refractivity contribution in [2.75, 3.05) is 71.6 Å². The van der Waals surface area contributed by atoms with Gasteiger partial charge in [0.15, 0.2) is 11.5 Å². The zero-order valence-electron chi connectivity index (χ0n) is 37.0. The molecule has 9 nitrogen and oxygen atoms in total. The molecule has 2 heterocycles. The molecule has 4 aromatic rings. The first-order chi connectivity index (χ1) is 29.8. The topological polar surface area (TPSA) is 87.3 Å². The fraction of sp³-hybridized carbons (Fsp3) is 0.510. The molecule has 4 unspecified atom stereocenters. The summed E-state index contributed by atoms with van der Waals surface area (Å²) in [6.45, 7) is 12.0. The van der Waals surface area contributed by atoms with Gasteiger partial charge in [-0.25, -0.2) is 0 Å². The van der Waals surface area contributed by atoms with Gasteiger partial charge in [0.2, 0.25) is 0 Å². The van der Waals surface area contributed by atoms with E-state index in [2.05, 4.69) is 101 Å². The maximum absolute atomic E-state index is 13.6. The van der Waals surface area contributed by atoms with E-state index >= 15 is 0 Å².